The van der Waals surface area contributed by atoms with E-state index < -0.39 is 11.6 Å². The lowest BCUT2D eigenvalue weighted by molar-refractivity contribution is 0.319. The van der Waals surface area contributed by atoms with Gasteiger partial charge >= 0.3 is 0 Å². The van der Waals surface area contributed by atoms with Crippen LogP contribution in [-0.4, -0.2) is 6.04 Å². The lowest BCUT2D eigenvalue weighted by Crippen LogP contribution is -2.33. The van der Waals surface area contributed by atoms with Crippen molar-refractivity contribution in [2.75, 3.05) is 0 Å². The fraction of sp³-hybridized carbons (Fsp3) is 0.625. The van der Waals surface area contributed by atoms with Gasteiger partial charge in [-0.15, -0.1) is 0 Å². The van der Waals surface area contributed by atoms with Gasteiger partial charge in [0.2, 0.25) is 0 Å². The molecule has 0 aliphatic heterocycles. The third kappa shape index (κ3) is 4.00. The van der Waals surface area contributed by atoms with Crippen molar-refractivity contribution in [2.24, 2.45) is 11.7 Å². The molecule has 19 heavy (non-hydrogen) atoms. The Kier molecular flexibility index (Phi) is 5.32. The van der Waals surface area contributed by atoms with Crippen molar-refractivity contribution in [2.45, 2.75) is 57.4 Å². The first kappa shape index (κ1) is 14.4. The van der Waals surface area contributed by atoms with Crippen molar-refractivity contribution in [1.29, 1.82) is 0 Å². The van der Waals surface area contributed by atoms with Crippen molar-refractivity contribution in [3.8, 4) is 0 Å². The molecular formula is C16H23F2N. The van der Waals surface area contributed by atoms with Gasteiger partial charge in [-0.2, -0.15) is 0 Å². The maximum atomic E-state index is 13.6. The molecule has 1 aromatic rings. The van der Waals surface area contributed by atoms with E-state index in [1.807, 2.05) is 0 Å². The smallest absolute Gasteiger partial charge is 0.162 e. The Labute approximate surface area is 114 Å². The zero-order chi connectivity index (χ0) is 13.7. The second-order valence-corrected chi connectivity index (χ2v) is 5.69. The molecule has 1 aliphatic rings. The van der Waals surface area contributed by atoms with Crippen LogP contribution in [0.2, 0.25) is 0 Å². The van der Waals surface area contributed by atoms with E-state index in [0.29, 0.717) is 17.9 Å². The number of hydrogen-bond acceptors (Lipinski definition) is 1. The highest BCUT2D eigenvalue weighted by Crippen LogP contribution is 2.26. The second-order valence-electron chi connectivity index (χ2n) is 5.69. The molecule has 0 amide bonds. The standard InChI is InChI=1S/C16H23F2N/c17-14-10-6-9-13(16(14)18)11-15(19)12-7-4-2-1-3-5-8-12/h6,9-10,12,15H,1-5,7-8,11,19H2. The van der Waals surface area contributed by atoms with E-state index in [1.165, 1.54) is 32.1 Å². The number of nitrogens with two attached hydrogens (primary N) is 1. The predicted octanol–water partition coefficient (Wildman–Crippen LogP) is 4.20. The summed E-state index contributed by atoms with van der Waals surface area (Å²) in [5, 5.41) is 0. The molecule has 106 valence electrons. The third-order valence-electron chi connectivity index (χ3n) is 4.24. The van der Waals surface area contributed by atoms with Crippen LogP contribution in [0.1, 0.15) is 50.5 Å². The van der Waals surface area contributed by atoms with Crippen LogP contribution in [0.5, 0.6) is 0 Å². The van der Waals surface area contributed by atoms with E-state index in [0.717, 1.165) is 18.9 Å². The van der Waals surface area contributed by atoms with Crippen LogP contribution in [0.4, 0.5) is 8.78 Å². The molecule has 2 rings (SSSR count). The van der Waals surface area contributed by atoms with Crippen LogP contribution in [-0.2, 0) is 6.42 Å². The Bertz CT molecular complexity index is 398. The van der Waals surface area contributed by atoms with Crippen LogP contribution in [0.25, 0.3) is 0 Å². The molecule has 0 aromatic heterocycles. The minimum absolute atomic E-state index is 0.0607. The van der Waals surface area contributed by atoms with Crippen LogP contribution < -0.4 is 5.73 Å². The number of rotatable bonds is 3. The molecule has 1 fully saturated rings. The van der Waals surface area contributed by atoms with E-state index in [9.17, 15) is 8.78 Å². The molecule has 3 heteroatoms. The minimum Gasteiger partial charge on any atom is -0.327 e. The highest BCUT2D eigenvalue weighted by atomic mass is 19.2. The summed E-state index contributed by atoms with van der Waals surface area (Å²) in [6.45, 7) is 0. The molecule has 0 heterocycles. The molecule has 2 N–H and O–H groups in total. The van der Waals surface area contributed by atoms with Crippen molar-refractivity contribution in [1.82, 2.24) is 0 Å². The van der Waals surface area contributed by atoms with Gasteiger partial charge < -0.3 is 5.73 Å². The quantitative estimate of drug-likeness (QED) is 0.873. The summed E-state index contributed by atoms with van der Waals surface area (Å²) in [4.78, 5) is 0. The van der Waals surface area contributed by atoms with E-state index in [1.54, 1.807) is 12.1 Å². The van der Waals surface area contributed by atoms with Gasteiger partial charge in [0, 0.05) is 6.04 Å². The van der Waals surface area contributed by atoms with Gasteiger partial charge in [0.1, 0.15) is 0 Å². The highest BCUT2D eigenvalue weighted by molar-refractivity contribution is 5.20. The topological polar surface area (TPSA) is 26.0 Å². The van der Waals surface area contributed by atoms with Crippen molar-refractivity contribution >= 4 is 0 Å². The van der Waals surface area contributed by atoms with Crippen LogP contribution in [0.15, 0.2) is 18.2 Å². The van der Waals surface area contributed by atoms with Gasteiger partial charge in [-0.05, 0) is 36.8 Å². The third-order valence-corrected chi connectivity index (χ3v) is 4.24. The Morgan fingerprint density at radius 2 is 1.68 bits per heavy atom. The van der Waals surface area contributed by atoms with Crippen LogP contribution in [0, 0.1) is 17.6 Å². The van der Waals surface area contributed by atoms with Gasteiger partial charge in [0.05, 0.1) is 0 Å². The molecule has 0 spiro atoms. The molecule has 1 nitrogen and oxygen atoms in total. The number of hydrogen-bond donors (Lipinski definition) is 1. The van der Waals surface area contributed by atoms with E-state index in [-0.39, 0.29) is 6.04 Å². The van der Waals surface area contributed by atoms with Crippen molar-refractivity contribution < 1.29 is 8.78 Å². The van der Waals surface area contributed by atoms with Gasteiger partial charge in [-0.25, -0.2) is 8.78 Å². The SMILES string of the molecule is NC(Cc1cccc(F)c1F)C1CCCCCCC1. The molecule has 1 aliphatic carbocycles. The molecule has 1 aromatic carbocycles. The molecule has 1 saturated carbocycles. The van der Waals surface area contributed by atoms with Gasteiger partial charge in [0.15, 0.2) is 11.6 Å². The summed E-state index contributed by atoms with van der Waals surface area (Å²) in [5.41, 5.74) is 6.64. The summed E-state index contributed by atoms with van der Waals surface area (Å²) in [7, 11) is 0. The average molecular weight is 267 g/mol. The maximum Gasteiger partial charge on any atom is 0.162 e. The maximum absolute atomic E-state index is 13.6. The fourth-order valence-electron chi connectivity index (χ4n) is 3.04. The first-order chi connectivity index (χ1) is 9.18. The average Bonchev–Trinajstić information content (AvgIpc) is 2.34. The Hall–Kier alpha value is -0.960. The summed E-state index contributed by atoms with van der Waals surface area (Å²) in [5.74, 6) is -1.06. The van der Waals surface area contributed by atoms with Gasteiger partial charge in [0.25, 0.3) is 0 Å². The summed E-state index contributed by atoms with van der Waals surface area (Å²) in [6.07, 6.45) is 8.98. The first-order valence-corrected chi connectivity index (χ1v) is 7.37. The molecule has 1 atom stereocenters. The first-order valence-electron chi connectivity index (χ1n) is 7.37. The Balaban J connectivity index is 1.98. The van der Waals surface area contributed by atoms with E-state index in [2.05, 4.69) is 0 Å². The van der Waals surface area contributed by atoms with E-state index in [4.69, 9.17) is 5.73 Å². The zero-order valence-electron chi connectivity index (χ0n) is 11.4. The molecular weight excluding hydrogens is 244 g/mol. The van der Waals surface area contributed by atoms with Gasteiger partial charge in [-0.1, -0.05) is 44.2 Å². The van der Waals surface area contributed by atoms with Crippen LogP contribution in [0.3, 0.4) is 0 Å². The van der Waals surface area contributed by atoms with Crippen LogP contribution >= 0.6 is 0 Å². The number of halogens is 2. The fourth-order valence-corrected chi connectivity index (χ4v) is 3.04. The van der Waals surface area contributed by atoms with E-state index >= 15 is 0 Å². The lowest BCUT2D eigenvalue weighted by Gasteiger charge is -2.26. The Morgan fingerprint density at radius 1 is 1.05 bits per heavy atom. The Morgan fingerprint density at radius 3 is 2.37 bits per heavy atom. The molecule has 1 unspecified atom stereocenters. The molecule has 0 saturated heterocycles. The highest BCUT2D eigenvalue weighted by Gasteiger charge is 2.20. The monoisotopic (exact) mass is 267 g/mol. The lowest BCUT2D eigenvalue weighted by atomic mass is 9.84. The minimum atomic E-state index is -0.776. The molecule has 0 radical (unpaired) electrons. The predicted molar refractivity (Wildman–Crippen MR) is 73.8 cm³/mol. The normalized spacial score (nSPS) is 19.7. The zero-order valence-corrected chi connectivity index (χ0v) is 11.4. The van der Waals surface area contributed by atoms with Crippen molar-refractivity contribution in [3.63, 3.8) is 0 Å². The van der Waals surface area contributed by atoms with Gasteiger partial charge in [-0.3, -0.25) is 0 Å². The second kappa shape index (κ2) is 6.99. The summed E-state index contributed by atoms with van der Waals surface area (Å²) in [6, 6.07) is 4.29. The largest absolute Gasteiger partial charge is 0.327 e. The summed E-state index contributed by atoms with van der Waals surface area (Å²) < 4.78 is 26.8. The van der Waals surface area contributed by atoms with Crippen molar-refractivity contribution in [3.05, 3.63) is 35.4 Å². The molecule has 0 bridgehead atoms. The summed E-state index contributed by atoms with van der Waals surface area (Å²) >= 11 is 0. The number of benzene rings is 1.